The molecule has 0 saturated carbocycles. The number of hydrogen-bond acceptors (Lipinski definition) is 4. The highest BCUT2D eigenvalue weighted by molar-refractivity contribution is 5.63. The Hall–Kier alpha value is -1.29. The van der Waals surface area contributed by atoms with Crippen molar-refractivity contribution in [1.29, 1.82) is 0 Å². The van der Waals surface area contributed by atoms with Crippen LogP contribution in [0.4, 0.5) is 11.5 Å². The van der Waals surface area contributed by atoms with Crippen molar-refractivity contribution in [2.75, 3.05) is 23.8 Å². The van der Waals surface area contributed by atoms with Crippen molar-refractivity contribution in [2.24, 2.45) is 0 Å². The maximum absolute atomic E-state index is 5.98. The third-order valence-corrected chi connectivity index (χ3v) is 2.92. The molecular weight excluding hydrogens is 202 g/mol. The number of morpholine rings is 1. The fourth-order valence-corrected chi connectivity index (χ4v) is 1.98. The average Bonchev–Trinajstić information content (AvgIpc) is 2.25. The molecule has 1 aromatic rings. The van der Waals surface area contributed by atoms with Gasteiger partial charge in [0.05, 0.1) is 24.4 Å². The van der Waals surface area contributed by atoms with E-state index in [-0.39, 0.29) is 6.10 Å². The number of hydrogen-bond donors (Lipinski definition) is 1. The molecule has 0 aromatic carbocycles. The first-order valence-corrected chi connectivity index (χ1v) is 5.69. The summed E-state index contributed by atoms with van der Waals surface area (Å²) in [5.41, 5.74) is 7.72. The second-order valence-corrected chi connectivity index (χ2v) is 4.51. The summed E-state index contributed by atoms with van der Waals surface area (Å²) in [7, 11) is 0. The van der Waals surface area contributed by atoms with Crippen molar-refractivity contribution in [2.45, 2.75) is 32.9 Å². The molecule has 4 heteroatoms. The highest BCUT2D eigenvalue weighted by Crippen LogP contribution is 2.25. The number of anilines is 2. The van der Waals surface area contributed by atoms with E-state index in [0.29, 0.717) is 6.04 Å². The summed E-state index contributed by atoms with van der Waals surface area (Å²) in [4.78, 5) is 6.76. The molecule has 2 heterocycles. The molecular formula is C12H19N3O. The predicted octanol–water partition coefficient (Wildman–Crippen LogP) is 1.59. The summed E-state index contributed by atoms with van der Waals surface area (Å²) >= 11 is 0. The molecule has 0 amide bonds. The lowest BCUT2D eigenvalue weighted by Gasteiger charge is -2.38. The molecule has 1 aliphatic heterocycles. The van der Waals surface area contributed by atoms with Gasteiger partial charge < -0.3 is 15.4 Å². The Kier molecular flexibility index (Phi) is 3.01. The Morgan fingerprint density at radius 1 is 1.44 bits per heavy atom. The molecule has 1 saturated heterocycles. The van der Waals surface area contributed by atoms with Crippen LogP contribution in [-0.2, 0) is 4.74 Å². The molecule has 4 nitrogen and oxygen atoms in total. The minimum Gasteiger partial charge on any atom is -0.396 e. The van der Waals surface area contributed by atoms with E-state index in [1.54, 1.807) is 0 Å². The standard InChI is InChI=1S/C12H19N3O/c1-8-4-5-11(13)12(14-8)15-6-10(3)16-7-9(15)2/h4-5,9-10H,6-7,13H2,1-3H3. The van der Waals surface area contributed by atoms with E-state index in [2.05, 4.69) is 23.7 Å². The first-order valence-electron chi connectivity index (χ1n) is 5.69. The smallest absolute Gasteiger partial charge is 0.152 e. The molecule has 2 N–H and O–H groups in total. The average molecular weight is 221 g/mol. The summed E-state index contributed by atoms with van der Waals surface area (Å²) in [6.07, 6.45) is 0.234. The SMILES string of the molecule is Cc1ccc(N)c(N2CC(C)OCC2C)n1. The van der Waals surface area contributed by atoms with Gasteiger partial charge in [0.15, 0.2) is 5.82 Å². The lowest BCUT2D eigenvalue weighted by molar-refractivity contribution is 0.0341. The summed E-state index contributed by atoms with van der Waals surface area (Å²) in [5.74, 6) is 0.891. The molecule has 1 aliphatic rings. The van der Waals surface area contributed by atoms with Gasteiger partial charge in [-0.25, -0.2) is 4.98 Å². The van der Waals surface area contributed by atoms with Crippen LogP contribution in [0.15, 0.2) is 12.1 Å². The van der Waals surface area contributed by atoms with Crippen LogP contribution >= 0.6 is 0 Å². The molecule has 88 valence electrons. The second-order valence-electron chi connectivity index (χ2n) is 4.51. The lowest BCUT2D eigenvalue weighted by Crippen LogP contribution is -2.48. The highest BCUT2D eigenvalue weighted by Gasteiger charge is 2.25. The fourth-order valence-electron chi connectivity index (χ4n) is 1.98. The Morgan fingerprint density at radius 3 is 2.94 bits per heavy atom. The first kappa shape index (κ1) is 11.2. The summed E-state index contributed by atoms with van der Waals surface area (Å²) in [6.45, 7) is 7.77. The van der Waals surface area contributed by atoms with Crippen LogP contribution < -0.4 is 10.6 Å². The van der Waals surface area contributed by atoms with Gasteiger partial charge in [-0.1, -0.05) is 0 Å². The van der Waals surface area contributed by atoms with Crippen LogP contribution in [0.25, 0.3) is 0 Å². The minimum atomic E-state index is 0.234. The number of nitrogens with two attached hydrogens (primary N) is 1. The molecule has 1 aromatic heterocycles. The van der Waals surface area contributed by atoms with Crippen LogP contribution in [-0.4, -0.2) is 30.3 Å². The van der Waals surface area contributed by atoms with Crippen LogP contribution in [0.5, 0.6) is 0 Å². The third kappa shape index (κ3) is 2.11. The Bertz CT molecular complexity index is 381. The van der Waals surface area contributed by atoms with Crippen molar-refractivity contribution in [3.05, 3.63) is 17.8 Å². The largest absolute Gasteiger partial charge is 0.396 e. The van der Waals surface area contributed by atoms with Crippen LogP contribution in [0, 0.1) is 6.92 Å². The van der Waals surface area contributed by atoms with Gasteiger partial charge >= 0.3 is 0 Å². The van der Waals surface area contributed by atoms with E-state index in [1.807, 2.05) is 19.1 Å². The highest BCUT2D eigenvalue weighted by atomic mass is 16.5. The zero-order chi connectivity index (χ0) is 11.7. The van der Waals surface area contributed by atoms with E-state index in [4.69, 9.17) is 10.5 Å². The normalized spacial score (nSPS) is 25.8. The number of pyridine rings is 1. The Morgan fingerprint density at radius 2 is 2.19 bits per heavy atom. The van der Waals surface area contributed by atoms with Gasteiger partial charge in [-0.2, -0.15) is 0 Å². The maximum Gasteiger partial charge on any atom is 0.152 e. The quantitative estimate of drug-likeness (QED) is 0.782. The van der Waals surface area contributed by atoms with Crippen molar-refractivity contribution < 1.29 is 4.74 Å². The summed E-state index contributed by atoms with van der Waals surface area (Å²) < 4.78 is 5.60. The maximum atomic E-state index is 5.98. The van der Waals surface area contributed by atoms with Gasteiger partial charge in [0.2, 0.25) is 0 Å². The lowest BCUT2D eigenvalue weighted by atomic mass is 10.2. The number of aromatic nitrogens is 1. The van der Waals surface area contributed by atoms with Crippen LogP contribution in [0.2, 0.25) is 0 Å². The van der Waals surface area contributed by atoms with E-state index < -0.39 is 0 Å². The number of ether oxygens (including phenoxy) is 1. The topological polar surface area (TPSA) is 51.4 Å². The minimum absolute atomic E-state index is 0.234. The molecule has 2 rings (SSSR count). The molecule has 2 atom stereocenters. The molecule has 0 bridgehead atoms. The molecule has 0 spiro atoms. The zero-order valence-corrected chi connectivity index (χ0v) is 10.1. The van der Waals surface area contributed by atoms with Crippen molar-refractivity contribution in [1.82, 2.24) is 4.98 Å². The molecule has 0 radical (unpaired) electrons. The number of aryl methyl sites for hydroxylation is 1. The van der Waals surface area contributed by atoms with E-state index >= 15 is 0 Å². The molecule has 1 fully saturated rings. The van der Waals surface area contributed by atoms with E-state index in [1.165, 1.54) is 0 Å². The monoisotopic (exact) mass is 221 g/mol. The number of nitrogen functional groups attached to an aromatic ring is 1. The van der Waals surface area contributed by atoms with Gasteiger partial charge in [-0.3, -0.25) is 0 Å². The van der Waals surface area contributed by atoms with Crippen LogP contribution in [0.3, 0.4) is 0 Å². The Balaban J connectivity index is 2.30. The predicted molar refractivity (Wildman–Crippen MR) is 65.6 cm³/mol. The van der Waals surface area contributed by atoms with Crippen molar-refractivity contribution in [3.63, 3.8) is 0 Å². The molecule has 2 unspecified atom stereocenters. The van der Waals surface area contributed by atoms with Crippen molar-refractivity contribution in [3.8, 4) is 0 Å². The van der Waals surface area contributed by atoms with Gasteiger partial charge in [-0.05, 0) is 32.9 Å². The first-order chi connectivity index (χ1) is 7.58. The van der Waals surface area contributed by atoms with Crippen molar-refractivity contribution >= 4 is 11.5 Å². The number of rotatable bonds is 1. The van der Waals surface area contributed by atoms with Gasteiger partial charge in [0, 0.05) is 12.2 Å². The Labute approximate surface area is 96.4 Å². The summed E-state index contributed by atoms with van der Waals surface area (Å²) in [5, 5.41) is 0. The third-order valence-electron chi connectivity index (χ3n) is 2.92. The molecule has 16 heavy (non-hydrogen) atoms. The van der Waals surface area contributed by atoms with E-state index in [9.17, 15) is 0 Å². The zero-order valence-electron chi connectivity index (χ0n) is 10.1. The second kappa shape index (κ2) is 4.29. The molecule has 0 aliphatic carbocycles. The van der Waals surface area contributed by atoms with Gasteiger partial charge in [0.25, 0.3) is 0 Å². The fraction of sp³-hybridized carbons (Fsp3) is 0.583. The summed E-state index contributed by atoms with van der Waals surface area (Å²) in [6, 6.07) is 4.19. The van der Waals surface area contributed by atoms with Gasteiger partial charge in [0.1, 0.15) is 0 Å². The van der Waals surface area contributed by atoms with Crippen LogP contribution in [0.1, 0.15) is 19.5 Å². The number of nitrogens with zero attached hydrogens (tertiary/aromatic N) is 2. The van der Waals surface area contributed by atoms with Gasteiger partial charge in [-0.15, -0.1) is 0 Å². The van der Waals surface area contributed by atoms with E-state index in [0.717, 1.165) is 30.4 Å².